The fourth-order valence-electron chi connectivity index (χ4n) is 2.03. The summed E-state index contributed by atoms with van der Waals surface area (Å²) in [6.45, 7) is 0.509. The smallest absolute Gasteiger partial charge is 0.229 e. The van der Waals surface area contributed by atoms with Gasteiger partial charge in [-0.2, -0.15) is 0 Å². The molecule has 1 aliphatic heterocycles. The number of nitrogens with zero attached hydrogens (tertiary/aromatic N) is 6. The molecule has 0 aromatic carbocycles. The summed E-state index contributed by atoms with van der Waals surface area (Å²) in [5, 5.41) is 27.1. The molecule has 1 aliphatic rings. The van der Waals surface area contributed by atoms with Gasteiger partial charge in [0.15, 0.2) is 5.82 Å². The molecule has 0 aliphatic carbocycles. The average molecular weight is 248 g/mol. The van der Waals surface area contributed by atoms with Crippen molar-refractivity contribution < 1.29 is 10.2 Å². The van der Waals surface area contributed by atoms with Crippen molar-refractivity contribution in [3.05, 3.63) is 18.6 Å². The number of rotatable bonds is 2. The maximum absolute atomic E-state index is 9.78. The molecule has 8 nitrogen and oxygen atoms in total. The van der Waals surface area contributed by atoms with Crippen molar-refractivity contribution in [1.29, 1.82) is 0 Å². The van der Waals surface area contributed by atoms with Gasteiger partial charge in [0, 0.05) is 12.4 Å². The molecule has 1 atom stereocenters. The monoisotopic (exact) mass is 248 g/mol. The van der Waals surface area contributed by atoms with Crippen LogP contribution in [-0.4, -0.2) is 54.3 Å². The Labute approximate surface area is 103 Å². The average Bonchev–Trinajstić information content (AvgIpc) is 2.82. The van der Waals surface area contributed by atoms with E-state index >= 15 is 0 Å². The first kappa shape index (κ1) is 11.1. The predicted molar refractivity (Wildman–Crippen MR) is 61.5 cm³/mol. The molecule has 0 saturated carbocycles. The SMILES string of the molecule is OCN1CC(O)Cn2c(-c3cnccn3)nnc21. The number of hydrogen-bond donors (Lipinski definition) is 2. The van der Waals surface area contributed by atoms with E-state index in [1.165, 1.54) is 0 Å². The first-order chi connectivity index (χ1) is 8.79. The van der Waals surface area contributed by atoms with E-state index in [-0.39, 0.29) is 6.73 Å². The van der Waals surface area contributed by atoms with Gasteiger partial charge < -0.3 is 15.1 Å². The summed E-state index contributed by atoms with van der Waals surface area (Å²) in [5.41, 5.74) is 0.586. The summed E-state index contributed by atoms with van der Waals surface area (Å²) in [5.74, 6) is 1.07. The zero-order chi connectivity index (χ0) is 12.5. The molecule has 0 bridgehead atoms. The minimum atomic E-state index is -0.573. The molecule has 3 rings (SSSR count). The first-order valence-electron chi connectivity index (χ1n) is 5.53. The standard InChI is InChI=1S/C10H12N6O2/c17-6-15-4-7(18)5-16-9(13-14-10(15)16)8-3-11-1-2-12-8/h1-3,7,17-18H,4-6H2. The molecule has 3 heterocycles. The van der Waals surface area contributed by atoms with Crippen molar-refractivity contribution in [2.75, 3.05) is 18.2 Å². The lowest BCUT2D eigenvalue weighted by molar-refractivity contribution is 0.138. The molecule has 2 aromatic heterocycles. The zero-order valence-corrected chi connectivity index (χ0v) is 9.51. The van der Waals surface area contributed by atoms with Crippen LogP contribution in [-0.2, 0) is 6.54 Å². The summed E-state index contributed by atoms with van der Waals surface area (Å²) in [4.78, 5) is 9.69. The van der Waals surface area contributed by atoms with E-state index in [9.17, 15) is 10.2 Å². The highest BCUT2D eigenvalue weighted by atomic mass is 16.3. The number of β-amino-alcohol motifs (C(OH)–C–C–N with tert-alkyl or cyclic N) is 1. The summed E-state index contributed by atoms with van der Waals surface area (Å²) < 4.78 is 1.73. The highest BCUT2D eigenvalue weighted by Crippen LogP contribution is 2.24. The fourth-order valence-corrected chi connectivity index (χ4v) is 2.03. The van der Waals surface area contributed by atoms with Crippen molar-refractivity contribution in [2.45, 2.75) is 12.6 Å². The van der Waals surface area contributed by atoms with Crippen molar-refractivity contribution >= 4 is 5.95 Å². The van der Waals surface area contributed by atoms with Gasteiger partial charge in [0.2, 0.25) is 5.95 Å². The topological polar surface area (TPSA) is 100 Å². The van der Waals surface area contributed by atoms with Gasteiger partial charge in [-0.3, -0.25) is 9.55 Å². The van der Waals surface area contributed by atoms with Gasteiger partial charge in [0.1, 0.15) is 12.4 Å². The Morgan fingerprint density at radius 1 is 1.28 bits per heavy atom. The lowest BCUT2D eigenvalue weighted by Gasteiger charge is -2.30. The molecular formula is C10H12N6O2. The summed E-state index contributed by atoms with van der Waals surface area (Å²) in [7, 11) is 0. The molecule has 1 unspecified atom stereocenters. The Balaban J connectivity index is 2.07. The molecule has 94 valence electrons. The van der Waals surface area contributed by atoms with Crippen LogP contribution in [0, 0.1) is 0 Å². The van der Waals surface area contributed by atoms with Crippen molar-refractivity contribution in [2.24, 2.45) is 0 Å². The van der Waals surface area contributed by atoms with Crippen LogP contribution in [0.1, 0.15) is 0 Å². The van der Waals surface area contributed by atoms with Crippen LogP contribution in [0.3, 0.4) is 0 Å². The molecule has 0 amide bonds. The maximum atomic E-state index is 9.78. The Morgan fingerprint density at radius 2 is 2.17 bits per heavy atom. The van der Waals surface area contributed by atoms with Gasteiger partial charge in [0.25, 0.3) is 0 Å². The van der Waals surface area contributed by atoms with E-state index in [1.54, 1.807) is 28.1 Å². The minimum absolute atomic E-state index is 0.213. The number of hydrogen-bond acceptors (Lipinski definition) is 7. The Kier molecular flexibility index (Phi) is 2.65. The highest BCUT2D eigenvalue weighted by molar-refractivity contribution is 5.52. The Morgan fingerprint density at radius 3 is 2.89 bits per heavy atom. The van der Waals surface area contributed by atoms with Crippen LogP contribution >= 0.6 is 0 Å². The maximum Gasteiger partial charge on any atom is 0.229 e. The van der Waals surface area contributed by atoms with Crippen LogP contribution in [0.25, 0.3) is 11.5 Å². The van der Waals surface area contributed by atoms with Crippen molar-refractivity contribution in [1.82, 2.24) is 24.7 Å². The van der Waals surface area contributed by atoms with E-state index in [0.717, 1.165) is 0 Å². The lowest BCUT2D eigenvalue weighted by Crippen LogP contribution is -2.42. The molecule has 2 N–H and O–H groups in total. The number of aromatic nitrogens is 5. The zero-order valence-electron chi connectivity index (χ0n) is 9.51. The van der Waals surface area contributed by atoms with Crippen LogP contribution in [0.2, 0.25) is 0 Å². The predicted octanol–water partition coefficient (Wildman–Crippen LogP) is -1.13. The molecule has 8 heteroatoms. The number of aliphatic hydroxyl groups is 2. The van der Waals surface area contributed by atoms with Gasteiger partial charge in [-0.1, -0.05) is 0 Å². The van der Waals surface area contributed by atoms with Crippen LogP contribution in [0.15, 0.2) is 18.6 Å². The molecule has 0 radical (unpaired) electrons. The van der Waals surface area contributed by atoms with E-state index in [2.05, 4.69) is 20.2 Å². The third kappa shape index (κ3) is 1.71. The molecule has 2 aromatic rings. The first-order valence-corrected chi connectivity index (χ1v) is 5.53. The minimum Gasteiger partial charge on any atom is -0.389 e. The van der Waals surface area contributed by atoms with Crippen molar-refractivity contribution in [3.63, 3.8) is 0 Å². The number of aliphatic hydroxyl groups excluding tert-OH is 2. The van der Waals surface area contributed by atoms with Gasteiger partial charge in [0.05, 0.1) is 25.4 Å². The van der Waals surface area contributed by atoms with Gasteiger partial charge in [-0.05, 0) is 0 Å². The number of fused-ring (bicyclic) bond motifs is 1. The van der Waals surface area contributed by atoms with E-state index in [0.29, 0.717) is 30.6 Å². The molecule has 18 heavy (non-hydrogen) atoms. The van der Waals surface area contributed by atoms with Gasteiger partial charge in [-0.15, -0.1) is 10.2 Å². The normalized spacial score (nSPS) is 18.8. The van der Waals surface area contributed by atoms with Crippen molar-refractivity contribution in [3.8, 4) is 11.5 Å². The second kappa shape index (κ2) is 4.31. The third-order valence-electron chi connectivity index (χ3n) is 2.80. The Hall–Kier alpha value is -2.06. The summed E-state index contributed by atoms with van der Waals surface area (Å²) >= 11 is 0. The van der Waals surface area contributed by atoms with Gasteiger partial charge >= 0.3 is 0 Å². The van der Waals surface area contributed by atoms with E-state index in [4.69, 9.17) is 0 Å². The summed E-state index contributed by atoms with van der Waals surface area (Å²) in [6, 6.07) is 0. The third-order valence-corrected chi connectivity index (χ3v) is 2.80. The van der Waals surface area contributed by atoms with E-state index < -0.39 is 6.10 Å². The molecular weight excluding hydrogens is 236 g/mol. The molecule has 0 saturated heterocycles. The second-order valence-corrected chi connectivity index (χ2v) is 4.04. The second-order valence-electron chi connectivity index (χ2n) is 4.04. The van der Waals surface area contributed by atoms with Crippen LogP contribution in [0.5, 0.6) is 0 Å². The lowest BCUT2D eigenvalue weighted by atomic mass is 10.2. The molecule has 0 fully saturated rings. The molecule has 0 spiro atoms. The number of anilines is 1. The quantitative estimate of drug-likeness (QED) is 0.693. The summed E-state index contributed by atoms with van der Waals surface area (Å²) in [6.07, 6.45) is 4.16. The Bertz CT molecular complexity index is 543. The van der Waals surface area contributed by atoms with Crippen LogP contribution in [0.4, 0.5) is 5.95 Å². The van der Waals surface area contributed by atoms with E-state index in [1.807, 2.05) is 0 Å². The largest absolute Gasteiger partial charge is 0.389 e. The van der Waals surface area contributed by atoms with Crippen LogP contribution < -0.4 is 4.90 Å². The fraction of sp³-hybridized carbons (Fsp3) is 0.400. The highest BCUT2D eigenvalue weighted by Gasteiger charge is 2.27. The van der Waals surface area contributed by atoms with Gasteiger partial charge in [-0.25, -0.2) is 4.98 Å².